The zero-order valence-corrected chi connectivity index (χ0v) is 20.3. The number of β-lactam (4-membered cyclic amide) rings is 1. The van der Waals surface area contributed by atoms with E-state index in [4.69, 9.17) is 16.6 Å². The standard InChI is InChI=1S/C21H15Br2ClN4O3/c1-20(2)6-5-12-21(10-4-3-9(22)7-11(10)25-12)8-13(29)28(21)16(18(30)31)14(24)15-17(20)27-19(23)26-15/h3-7H,8H2,1-2H3,(H,26,27)(H,30,31)/b6-5-,16-14+/t21-/m0/s1. The smallest absolute Gasteiger partial charge is 0.354 e. The molecule has 0 saturated carbocycles. The molecule has 3 aliphatic heterocycles. The highest BCUT2D eigenvalue weighted by Crippen LogP contribution is 2.55. The van der Waals surface area contributed by atoms with Crippen LogP contribution in [-0.2, 0) is 20.5 Å². The molecule has 7 nitrogen and oxygen atoms in total. The molecule has 31 heavy (non-hydrogen) atoms. The van der Waals surface area contributed by atoms with Gasteiger partial charge < -0.3 is 10.1 Å². The zero-order chi connectivity index (χ0) is 22.3. The molecule has 0 unspecified atom stereocenters. The Hall–Kier alpha value is -2.23. The van der Waals surface area contributed by atoms with Crippen molar-refractivity contribution in [1.82, 2.24) is 14.9 Å². The summed E-state index contributed by atoms with van der Waals surface area (Å²) in [6, 6.07) is 5.58. The van der Waals surface area contributed by atoms with Gasteiger partial charge in [0.2, 0.25) is 5.91 Å². The summed E-state index contributed by atoms with van der Waals surface area (Å²) in [5, 5.41) is 10.0. The number of aromatic nitrogens is 2. The van der Waals surface area contributed by atoms with Crippen LogP contribution in [-0.4, -0.2) is 37.6 Å². The van der Waals surface area contributed by atoms with Gasteiger partial charge in [0.1, 0.15) is 11.2 Å². The SMILES string of the molecule is CC1(C)/C=C\C2=Nc3cc(Br)ccc3[C@@]23CC(=O)N3/C(C(=O)O)=C(/Cl)c2nc(Br)[nH]c21. The lowest BCUT2D eigenvalue weighted by molar-refractivity contribution is -0.152. The van der Waals surface area contributed by atoms with Gasteiger partial charge in [-0.2, -0.15) is 0 Å². The second-order valence-corrected chi connectivity index (χ2v) is 10.2. The Balaban J connectivity index is 1.88. The van der Waals surface area contributed by atoms with Crippen LogP contribution in [0.3, 0.4) is 0 Å². The van der Waals surface area contributed by atoms with Gasteiger partial charge in [0.05, 0.1) is 28.5 Å². The van der Waals surface area contributed by atoms with E-state index in [1.807, 2.05) is 44.2 Å². The fourth-order valence-electron chi connectivity index (χ4n) is 4.46. The highest BCUT2D eigenvalue weighted by molar-refractivity contribution is 9.10. The zero-order valence-electron chi connectivity index (χ0n) is 16.3. The monoisotopic (exact) mass is 564 g/mol. The molecule has 158 valence electrons. The predicted octanol–water partition coefficient (Wildman–Crippen LogP) is 4.99. The quantitative estimate of drug-likeness (QED) is 0.476. The summed E-state index contributed by atoms with van der Waals surface area (Å²) in [5.74, 6) is -1.65. The molecule has 0 bridgehead atoms. The van der Waals surface area contributed by atoms with Crippen molar-refractivity contribution in [2.24, 2.45) is 4.99 Å². The minimum Gasteiger partial charge on any atom is -0.477 e. The number of fused-ring (bicyclic) bond motifs is 2. The average molecular weight is 567 g/mol. The van der Waals surface area contributed by atoms with Gasteiger partial charge in [0, 0.05) is 15.5 Å². The maximum atomic E-state index is 12.9. The molecule has 1 amide bonds. The largest absolute Gasteiger partial charge is 0.477 e. The summed E-state index contributed by atoms with van der Waals surface area (Å²) in [6.07, 6.45) is 3.93. The van der Waals surface area contributed by atoms with Crippen molar-refractivity contribution in [1.29, 1.82) is 0 Å². The highest BCUT2D eigenvalue weighted by atomic mass is 79.9. The van der Waals surface area contributed by atoms with Crippen molar-refractivity contribution in [3.63, 3.8) is 0 Å². The summed E-state index contributed by atoms with van der Waals surface area (Å²) in [6.45, 7) is 3.93. The Labute approximate surface area is 199 Å². The van der Waals surface area contributed by atoms with Crippen LogP contribution in [0.1, 0.15) is 37.2 Å². The Morgan fingerprint density at radius 1 is 1.32 bits per heavy atom. The topological polar surface area (TPSA) is 98.7 Å². The van der Waals surface area contributed by atoms with Crippen molar-refractivity contribution in [2.75, 3.05) is 0 Å². The minimum absolute atomic E-state index is 0.100. The number of allylic oxidation sites excluding steroid dienone is 1. The number of hydrogen-bond acceptors (Lipinski definition) is 4. The maximum Gasteiger partial charge on any atom is 0.354 e. The lowest BCUT2D eigenvalue weighted by atomic mass is 9.73. The molecule has 0 aliphatic carbocycles. The highest BCUT2D eigenvalue weighted by Gasteiger charge is 2.61. The number of carboxylic acids is 1. The molecule has 1 spiro atoms. The van der Waals surface area contributed by atoms with E-state index < -0.39 is 16.9 Å². The van der Waals surface area contributed by atoms with E-state index in [1.54, 1.807) is 0 Å². The number of amides is 1. The Morgan fingerprint density at radius 2 is 2.06 bits per heavy atom. The molecular formula is C21H15Br2ClN4O3. The van der Waals surface area contributed by atoms with Crippen molar-refractivity contribution in [3.8, 4) is 0 Å². The molecule has 1 saturated heterocycles. The van der Waals surface area contributed by atoms with Gasteiger partial charge >= 0.3 is 5.97 Å². The van der Waals surface area contributed by atoms with Crippen molar-refractivity contribution >= 4 is 71.8 Å². The first-order valence-corrected chi connectivity index (χ1v) is 11.3. The van der Waals surface area contributed by atoms with E-state index in [9.17, 15) is 14.7 Å². The van der Waals surface area contributed by atoms with Crippen molar-refractivity contribution in [2.45, 2.75) is 31.2 Å². The number of carbonyl (C=O) groups is 2. The van der Waals surface area contributed by atoms with E-state index in [0.29, 0.717) is 21.8 Å². The number of carboxylic acid groups (broad SMARTS) is 1. The third-order valence-electron chi connectivity index (χ3n) is 5.93. The number of benzene rings is 1. The molecule has 4 heterocycles. The van der Waals surface area contributed by atoms with E-state index in [0.717, 1.165) is 10.0 Å². The summed E-state index contributed by atoms with van der Waals surface area (Å²) in [4.78, 5) is 38.9. The van der Waals surface area contributed by atoms with Crippen LogP contribution >= 0.6 is 43.5 Å². The summed E-state index contributed by atoms with van der Waals surface area (Å²) in [5.41, 5.74) is 1.03. The van der Waals surface area contributed by atoms with Crippen LogP contribution in [0.2, 0.25) is 0 Å². The van der Waals surface area contributed by atoms with Crippen LogP contribution in [0.4, 0.5) is 5.69 Å². The van der Waals surface area contributed by atoms with Crippen LogP contribution < -0.4 is 0 Å². The van der Waals surface area contributed by atoms with E-state index >= 15 is 0 Å². The molecule has 10 heteroatoms. The van der Waals surface area contributed by atoms with Gasteiger partial charge in [-0.25, -0.2) is 9.78 Å². The van der Waals surface area contributed by atoms with Crippen LogP contribution in [0.15, 0.2) is 50.2 Å². The first-order valence-electron chi connectivity index (χ1n) is 9.37. The molecule has 1 fully saturated rings. The Kier molecular flexibility index (Phi) is 4.42. The number of aromatic amines is 1. The number of aliphatic carboxylic acids is 1. The molecule has 1 aromatic heterocycles. The van der Waals surface area contributed by atoms with E-state index in [1.165, 1.54) is 4.90 Å². The van der Waals surface area contributed by atoms with E-state index in [-0.39, 0.29) is 28.8 Å². The van der Waals surface area contributed by atoms with Crippen molar-refractivity contribution < 1.29 is 14.7 Å². The average Bonchev–Trinajstić information content (AvgIpc) is 3.23. The number of hydrogen-bond donors (Lipinski definition) is 2. The first kappa shape index (κ1) is 20.7. The Bertz CT molecular complexity index is 1290. The molecule has 1 aromatic carbocycles. The lowest BCUT2D eigenvalue weighted by Crippen LogP contribution is -2.64. The lowest BCUT2D eigenvalue weighted by Gasteiger charge is -2.50. The van der Waals surface area contributed by atoms with Crippen LogP contribution in [0.5, 0.6) is 0 Å². The summed E-state index contributed by atoms with van der Waals surface area (Å²) >= 11 is 13.5. The van der Waals surface area contributed by atoms with E-state index in [2.05, 4.69) is 41.8 Å². The second-order valence-electron chi connectivity index (χ2n) is 8.20. The number of nitrogens with zero attached hydrogens (tertiary/aromatic N) is 3. The molecule has 5 rings (SSSR count). The Morgan fingerprint density at radius 3 is 2.74 bits per heavy atom. The van der Waals surface area contributed by atoms with Gasteiger partial charge in [-0.1, -0.05) is 53.5 Å². The van der Waals surface area contributed by atoms with Crippen LogP contribution in [0.25, 0.3) is 5.03 Å². The normalized spacial score (nSPS) is 26.8. The van der Waals surface area contributed by atoms with Gasteiger partial charge in [-0.05, 0) is 34.1 Å². The molecule has 3 aliphatic rings. The molecular weight excluding hydrogens is 552 g/mol. The predicted molar refractivity (Wildman–Crippen MR) is 123 cm³/mol. The fraction of sp³-hybridized carbons (Fsp3) is 0.238. The number of carbonyl (C=O) groups excluding carboxylic acids is 1. The van der Waals surface area contributed by atoms with Gasteiger partial charge in [-0.3, -0.25) is 14.7 Å². The fourth-order valence-corrected chi connectivity index (χ4v) is 5.48. The van der Waals surface area contributed by atoms with Gasteiger partial charge in [-0.15, -0.1) is 0 Å². The van der Waals surface area contributed by atoms with Crippen LogP contribution in [0, 0.1) is 0 Å². The molecule has 2 aromatic rings. The van der Waals surface area contributed by atoms with Crippen molar-refractivity contribution in [3.05, 3.63) is 62.2 Å². The number of halogens is 3. The second kappa shape index (κ2) is 6.63. The molecule has 2 N–H and O–H groups in total. The third-order valence-corrected chi connectivity index (χ3v) is 7.15. The number of nitrogens with one attached hydrogen (secondary N) is 1. The number of H-pyrrole nitrogens is 1. The summed E-state index contributed by atoms with van der Waals surface area (Å²) in [7, 11) is 0. The van der Waals surface area contributed by atoms with Gasteiger partial charge in [0.15, 0.2) is 10.4 Å². The summed E-state index contributed by atoms with van der Waals surface area (Å²) < 4.78 is 1.26. The molecule has 0 radical (unpaired) electrons. The molecule has 1 atom stereocenters. The number of rotatable bonds is 1. The number of aliphatic imine (C=N–C) groups is 1. The maximum absolute atomic E-state index is 12.9. The van der Waals surface area contributed by atoms with Gasteiger partial charge in [0.25, 0.3) is 0 Å². The third kappa shape index (κ3) is 2.76. The first-order chi connectivity index (χ1) is 14.6. The minimum atomic E-state index is -1.31. The number of imidazole rings is 1.